The number of amides is 3. The highest BCUT2D eigenvalue weighted by molar-refractivity contribution is 5.96. The fraction of sp³-hybridized carbons (Fsp3) is 0.438. The van der Waals surface area contributed by atoms with E-state index in [0.717, 1.165) is 50.7 Å². The Morgan fingerprint density at radius 3 is 1.65 bits per heavy atom. The van der Waals surface area contributed by atoms with Crippen LogP contribution < -0.4 is 16.0 Å². The SMILES string of the molecule is CC/C=C\C/C=C\C/C=C\C/C=C\C/C=C\C/C=C\CCC(=O)NCCNC(=O)[C@H](C)NC(=O)C=CC(=O)OC. The Kier molecular flexibility index (Phi) is 24.0. The summed E-state index contributed by atoms with van der Waals surface area (Å²) >= 11 is 0. The molecule has 8 nitrogen and oxygen atoms in total. The Hall–Kier alpha value is -3.94. The first-order valence-electron chi connectivity index (χ1n) is 13.9. The van der Waals surface area contributed by atoms with E-state index in [2.05, 4.69) is 88.4 Å². The van der Waals surface area contributed by atoms with Crippen LogP contribution in [0.3, 0.4) is 0 Å². The van der Waals surface area contributed by atoms with E-state index in [1.807, 2.05) is 12.2 Å². The van der Waals surface area contributed by atoms with Gasteiger partial charge in [-0.25, -0.2) is 4.79 Å². The molecule has 1 atom stereocenters. The zero-order valence-electron chi connectivity index (χ0n) is 24.3. The van der Waals surface area contributed by atoms with E-state index >= 15 is 0 Å². The fourth-order valence-corrected chi connectivity index (χ4v) is 3.02. The van der Waals surface area contributed by atoms with Gasteiger partial charge in [0.25, 0.3) is 0 Å². The predicted molar refractivity (Wildman–Crippen MR) is 162 cm³/mol. The number of carbonyl (C=O) groups is 4. The summed E-state index contributed by atoms with van der Waals surface area (Å²) in [6.07, 6.45) is 34.4. The number of hydrogen-bond acceptors (Lipinski definition) is 5. The molecule has 0 rings (SSSR count). The lowest BCUT2D eigenvalue weighted by atomic mass is 10.2. The van der Waals surface area contributed by atoms with Gasteiger partial charge in [0.05, 0.1) is 7.11 Å². The van der Waals surface area contributed by atoms with E-state index < -0.39 is 23.8 Å². The number of ether oxygens (including phenoxy) is 1. The predicted octanol–water partition coefficient (Wildman–Crippen LogP) is 4.93. The molecule has 0 aliphatic heterocycles. The van der Waals surface area contributed by atoms with E-state index in [4.69, 9.17) is 0 Å². The second-order valence-electron chi connectivity index (χ2n) is 8.68. The maximum atomic E-state index is 12.0. The summed E-state index contributed by atoms with van der Waals surface area (Å²) in [5, 5.41) is 7.81. The van der Waals surface area contributed by atoms with Crippen LogP contribution in [0.2, 0.25) is 0 Å². The van der Waals surface area contributed by atoms with Gasteiger partial charge >= 0.3 is 5.97 Å². The van der Waals surface area contributed by atoms with Crippen LogP contribution in [-0.4, -0.2) is 49.9 Å². The molecule has 8 heteroatoms. The van der Waals surface area contributed by atoms with E-state index in [1.54, 1.807) is 0 Å². The number of esters is 1. The highest BCUT2D eigenvalue weighted by atomic mass is 16.5. The van der Waals surface area contributed by atoms with Crippen LogP contribution in [0.5, 0.6) is 0 Å². The third-order valence-corrected chi connectivity index (χ3v) is 5.21. The van der Waals surface area contributed by atoms with Gasteiger partial charge in [0.1, 0.15) is 6.04 Å². The van der Waals surface area contributed by atoms with Crippen molar-refractivity contribution < 1.29 is 23.9 Å². The fourth-order valence-electron chi connectivity index (χ4n) is 3.02. The summed E-state index contributed by atoms with van der Waals surface area (Å²) in [5.74, 6) is -1.74. The van der Waals surface area contributed by atoms with Crippen molar-refractivity contribution in [3.05, 3.63) is 85.1 Å². The van der Waals surface area contributed by atoms with Crippen molar-refractivity contribution in [1.29, 1.82) is 0 Å². The van der Waals surface area contributed by atoms with Crippen LogP contribution in [0, 0.1) is 0 Å². The second kappa shape index (κ2) is 26.7. The van der Waals surface area contributed by atoms with E-state index in [-0.39, 0.29) is 19.0 Å². The number of allylic oxidation sites excluding steroid dienone is 12. The average Bonchev–Trinajstić information content (AvgIpc) is 2.95. The minimum atomic E-state index is -0.793. The van der Waals surface area contributed by atoms with Crippen molar-refractivity contribution >= 4 is 23.7 Å². The van der Waals surface area contributed by atoms with Gasteiger partial charge in [0.2, 0.25) is 17.7 Å². The molecule has 0 aliphatic carbocycles. The first kappa shape index (κ1) is 36.1. The standard InChI is InChI=1S/C32H47N3O5/c1-4-5-6-7-8-9-10-11-12-13-14-15-16-17-18-19-20-21-22-23-29(36)33-26-27-34-32(39)28(2)35-30(37)24-25-31(38)40-3/h5-6,8-9,11-12,14-15,17-18,20-21,24-25,28H,4,7,10,13,16,19,22-23,26-27H2,1-3H3,(H,33,36)(H,34,39)(H,35,37)/b6-5-,9-8-,12-11-,15-14-,18-17-,21-20-,25-24?/t28-/m0/s1. The maximum Gasteiger partial charge on any atom is 0.330 e. The highest BCUT2D eigenvalue weighted by Gasteiger charge is 2.13. The summed E-state index contributed by atoms with van der Waals surface area (Å²) in [6.45, 7) is 4.18. The topological polar surface area (TPSA) is 114 Å². The number of nitrogens with one attached hydrogen (secondary N) is 3. The van der Waals surface area contributed by atoms with Crippen LogP contribution in [0.1, 0.15) is 65.2 Å². The number of methoxy groups -OCH3 is 1. The Labute approximate surface area is 240 Å². The molecule has 3 amide bonds. The van der Waals surface area contributed by atoms with Gasteiger partial charge in [-0.05, 0) is 51.9 Å². The third kappa shape index (κ3) is 24.4. The van der Waals surface area contributed by atoms with Crippen LogP contribution in [-0.2, 0) is 23.9 Å². The van der Waals surface area contributed by atoms with Crippen molar-refractivity contribution in [2.45, 2.75) is 71.3 Å². The first-order valence-corrected chi connectivity index (χ1v) is 13.9. The van der Waals surface area contributed by atoms with Gasteiger partial charge < -0.3 is 20.7 Å². The summed E-state index contributed by atoms with van der Waals surface area (Å²) in [5.41, 5.74) is 0. The molecule has 40 heavy (non-hydrogen) atoms. The number of carbonyl (C=O) groups excluding carboxylic acids is 4. The highest BCUT2D eigenvalue weighted by Crippen LogP contribution is 1.98. The zero-order chi connectivity index (χ0) is 29.7. The molecule has 0 aliphatic rings. The van der Waals surface area contributed by atoms with E-state index in [0.29, 0.717) is 12.8 Å². The normalized spacial score (nSPS) is 13.0. The van der Waals surface area contributed by atoms with Crippen LogP contribution >= 0.6 is 0 Å². The molecule has 3 N–H and O–H groups in total. The van der Waals surface area contributed by atoms with Crippen LogP contribution in [0.25, 0.3) is 0 Å². The number of rotatable bonds is 21. The summed E-state index contributed by atoms with van der Waals surface area (Å²) < 4.78 is 4.39. The van der Waals surface area contributed by atoms with Gasteiger partial charge in [-0.3, -0.25) is 14.4 Å². The van der Waals surface area contributed by atoms with Gasteiger partial charge in [0.15, 0.2) is 0 Å². The van der Waals surface area contributed by atoms with Gasteiger partial charge in [0, 0.05) is 31.7 Å². The smallest absolute Gasteiger partial charge is 0.330 e. The quantitative estimate of drug-likeness (QED) is 0.0807. The molecule has 0 aromatic carbocycles. The average molecular weight is 554 g/mol. The molecular formula is C32H47N3O5. The number of hydrogen-bond donors (Lipinski definition) is 3. The largest absolute Gasteiger partial charge is 0.466 e. The summed E-state index contributed by atoms with van der Waals surface area (Å²) in [6, 6.07) is -0.793. The van der Waals surface area contributed by atoms with E-state index in [1.165, 1.54) is 14.0 Å². The van der Waals surface area contributed by atoms with Crippen molar-refractivity contribution in [3.63, 3.8) is 0 Å². The Morgan fingerprint density at radius 2 is 1.15 bits per heavy atom. The van der Waals surface area contributed by atoms with Crippen molar-refractivity contribution in [1.82, 2.24) is 16.0 Å². The van der Waals surface area contributed by atoms with Crippen LogP contribution in [0.15, 0.2) is 85.1 Å². The maximum absolute atomic E-state index is 12.0. The zero-order valence-corrected chi connectivity index (χ0v) is 24.3. The first-order chi connectivity index (χ1) is 19.4. The van der Waals surface area contributed by atoms with Crippen molar-refractivity contribution in [3.8, 4) is 0 Å². The van der Waals surface area contributed by atoms with Gasteiger partial charge in [-0.1, -0.05) is 79.8 Å². The lowest BCUT2D eigenvalue weighted by Gasteiger charge is -2.13. The monoisotopic (exact) mass is 553 g/mol. The third-order valence-electron chi connectivity index (χ3n) is 5.21. The molecule has 0 spiro atoms. The van der Waals surface area contributed by atoms with E-state index in [9.17, 15) is 19.2 Å². The molecule has 0 fully saturated rings. The molecule has 0 bridgehead atoms. The van der Waals surface area contributed by atoms with Gasteiger partial charge in [-0.2, -0.15) is 0 Å². The Morgan fingerprint density at radius 1 is 0.675 bits per heavy atom. The lowest BCUT2D eigenvalue weighted by molar-refractivity contribution is -0.135. The minimum Gasteiger partial charge on any atom is -0.466 e. The minimum absolute atomic E-state index is 0.0944. The van der Waals surface area contributed by atoms with Crippen molar-refractivity contribution in [2.75, 3.05) is 20.2 Å². The molecule has 0 saturated carbocycles. The molecule has 0 saturated heterocycles. The van der Waals surface area contributed by atoms with Crippen LogP contribution in [0.4, 0.5) is 0 Å². The lowest BCUT2D eigenvalue weighted by Crippen LogP contribution is -2.46. The Balaban J connectivity index is 3.79. The second-order valence-corrected chi connectivity index (χ2v) is 8.68. The molecule has 0 aromatic rings. The summed E-state index contributed by atoms with van der Waals surface area (Å²) in [7, 11) is 1.20. The molecule has 0 aromatic heterocycles. The molecule has 220 valence electrons. The molecule has 0 heterocycles. The molecule has 0 unspecified atom stereocenters. The molecular weight excluding hydrogens is 506 g/mol. The molecule has 0 radical (unpaired) electrons. The summed E-state index contributed by atoms with van der Waals surface area (Å²) in [4.78, 5) is 46.5. The Bertz CT molecular complexity index is 942. The van der Waals surface area contributed by atoms with Gasteiger partial charge in [-0.15, -0.1) is 0 Å². The van der Waals surface area contributed by atoms with Crippen molar-refractivity contribution in [2.24, 2.45) is 0 Å².